The number of ether oxygens (including phenoxy) is 1. The standard InChI is InChI=1S/C8H17NO2.C7H13NO2.C4H11NO.C4H8O2.CH4/c1-5(2)8(11)9-6(3)7(4)10;1-4-5(2)10-6(3)7(9)8-4;1-3(5)4(2)6;1-3(2)4(5)6;/h5-7,10H,1-4H3,(H,9,11);4-6H,1-3H3,(H,8,9);3-4,6H,5H2,1-2H3;3H,1-2H3,(H,5,6);1H4. The lowest BCUT2D eigenvalue weighted by Gasteiger charge is -2.30. The first-order valence-electron chi connectivity index (χ1n) is 11.5. The van der Waals surface area contributed by atoms with Crippen LogP contribution in [0.15, 0.2) is 0 Å². The van der Waals surface area contributed by atoms with Gasteiger partial charge in [-0.25, -0.2) is 0 Å². The highest BCUT2D eigenvalue weighted by atomic mass is 16.5. The lowest BCUT2D eigenvalue weighted by atomic mass is 10.1. The summed E-state index contributed by atoms with van der Waals surface area (Å²) in [7, 11) is 0. The maximum atomic E-state index is 11.0. The summed E-state index contributed by atoms with van der Waals surface area (Å²) in [5, 5.41) is 31.0. The minimum absolute atomic E-state index is 0. The van der Waals surface area contributed by atoms with Crippen molar-refractivity contribution in [3.63, 3.8) is 0 Å². The summed E-state index contributed by atoms with van der Waals surface area (Å²) < 4.78 is 5.30. The number of carbonyl (C=O) groups is 3. The number of aliphatic hydroxyl groups is 2. The fourth-order valence-electron chi connectivity index (χ4n) is 1.47. The summed E-state index contributed by atoms with van der Waals surface area (Å²) in [6.07, 6.45) is -1.01. The molecule has 1 heterocycles. The maximum Gasteiger partial charge on any atom is 0.305 e. The predicted molar refractivity (Wildman–Crippen MR) is 136 cm³/mol. The van der Waals surface area contributed by atoms with E-state index in [0.717, 1.165) is 0 Å². The number of hydrogen-bond donors (Lipinski definition) is 6. The van der Waals surface area contributed by atoms with Gasteiger partial charge in [-0.3, -0.25) is 14.4 Å². The van der Waals surface area contributed by atoms with Crippen LogP contribution in [-0.4, -0.2) is 75.6 Å². The molecule has 206 valence electrons. The Morgan fingerprint density at radius 3 is 1.56 bits per heavy atom. The summed E-state index contributed by atoms with van der Waals surface area (Å²) in [5.74, 6) is -1.01. The van der Waals surface area contributed by atoms with Gasteiger partial charge in [-0.2, -0.15) is 0 Å². The molecule has 0 aliphatic carbocycles. The predicted octanol–water partition coefficient (Wildman–Crippen LogP) is 1.90. The van der Waals surface area contributed by atoms with E-state index in [1.54, 1.807) is 48.5 Å². The molecule has 34 heavy (non-hydrogen) atoms. The second-order valence-corrected chi connectivity index (χ2v) is 9.07. The van der Waals surface area contributed by atoms with Crippen LogP contribution in [0.1, 0.15) is 83.6 Å². The number of nitrogens with two attached hydrogens (primary N) is 1. The number of morpholine rings is 1. The largest absolute Gasteiger partial charge is 0.481 e. The molecule has 1 aliphatic heterocycles. The number of aliphatic carboxylic acids is 1. The van der Waals surface area contributed by atoms with E-state index in [9.17, 15) is 14.4 Å². The Morgan fingerprint density at radius 2 is 1.32 bits per heavy atom. The van der Waals surface area contributed by atoms with E-state index in [-0.39, 0.29) is 67.5 Å². The first-order valence-corrected chi connectivity index (χ1v) is 11.5. The Hall–Kier alpha value is -1.75. The maximum absolute atomic E-state index is 11.0. The fraction of sp³-hybridized carbons (Fsp3) is 0.875. The molecule has 10 heteroatoms. The second kappa shape index (κ2) is 20.6. The van der Waals surface area contributed by atoms with Crippen LogP contribution < -0.4 is 16.4 Å². The average Bonchev–Trinajstić information content (AvgIpc) is 2.67. The lowest BCUT2D eigenvalue weighted by Crippen LogP contribution is -2.52. The fourth-order valence-corrected chi connectivity index (χ4v) is 1.47. The van der Waals surface area contributed by atoms with Crippen LogP contribution in [0.2, 0.25) is 0 Å². The summed E-state index contributed by atoms with van der Waals surface area (Å²) >= 11 is 0. The van der Waals surface area contributed by atoms with Gasteiger partial charge >= 0.3 is 5.97 Å². The molecule has 10 nitrogen and oxygen atoms in total. The van der Waals surface area contributed by atoms with E-state index in [1.165, 1.54) is 0 Å². The van der Waals surface area contributed by atoms with Crippen molar-refractivity contribution in [2.24, 2.45) is 17.6 Å². The molecule has 0 aromatic heterocycles. The van der Waals surface area contributed by atoms with Crippen LogP contribution in [-0.2, 0) is 19.1 Å². The molecule has 1 saturated heterocycles. The molecule has 0 spiro atoms. The number of carbonyl (C=O) groups excluding carboxylic acids is 2. The van der Waals surface area contributed by atoms with Crippen molar-refractivity contribution >= 4 is 17.8 Å². The van der Waals surface area contributed by atoms with Crippen LogP contribution in [0.5, 0.6) is 0 Å². The van der Waals surface area contributed by atoms with Gasteiger partial charge in [-0.05, 0) is 48.5 Å². The number of carboxylic acids is 1. The third-order valence-corrected chi connectivity index (χ3v) is 4.73. The van der Waals surface area contributed by atoms with Crippen molar-refractivity contribution in [2.75, 3.05) is 0 Å². The molecule has 2 amide bonds. The van der Waals surface area contributed by atoms with Crippen LogP contribution in [0, 0.1) is 11.8 Å². The Morgan fingerprint density at radius 1 is 0.941 bits per heavy atom. The highest BCUT2D eigenvalue weighted by Crippen LogP contribution is 2.08. The zero-order valence-electron chi connectivity index (χ0n) is 22.2. The van der Waals surface area contributed by atoms with Gasteiger partial charge in [0, 0.05) is 12.0 Å². The zero-order chi connectivity index (χ0) is 27.0. The normalized spacial score (nSPS) is 22.5. The summed E-state index contributed by atoms with van der Waals surface area (Å²) in [4.78, 5) is 31.6. The van der Waals surface area contributed by atoms with E-state index < -0.39 is 12.1 Å². The van der Waals surface area contributed by atoms with Crippen LogP contribution in [0.4, 0.5) is 0 Å². The van der Waals surface area contributed by atoms with Gasteiger partial charge in [0.15, 0.2) is 0 Å². The molecular weight excluding hydrogens is 442 g/mol. The highest BCUT2D eigenvalue weighted by molar-refractivity contribution is 5.81. The number of nitrogens with one attached hydrogen (secondary N) is 2. The monoisotopic (exact) mass is 495 g/mol. The lowest BCUT2D eigenvalue weighted by molar-refractivity contribution is -0.145. The molecule has 7 unspecified atom stereocenters. The first kappa shape index (κ1) is 39.5. The Labute approximate surface area is 207 Å². The van der Waals surface area contributed by atoms with Crippen LogP contribution in [0.3, 0.4) is 0 Å². The molecule has 0 radical (unpaired) electrons. The van der Waals surface area contributed by atoms with Gasteiger partial charge in [-0.15, -0.1) is 0 Å². The highest BCUT2D eigenvalue weighted by Gasteiger charge is 2.27. The molecule has 0 saturated carbocycles. The van der Waals surface area contributed by atoms with Crippen molar-refractivity contribution in [1.82, 2.24) is 10.6 Å². The summed E-state index contributed by atoms with van der Waals surface area (Å²) in [6.45, 7) is 19.5. The summed E-state index contributed by atoms with van der Waals surface area (Å²) in [5.41, 5.74) is 5.19. The molecule has 7 N–H and O–H groups in total. The quantitative estimate of drug-likeness (QED) is 0.336. The van der Waals surface area contributed by atoms with E-state index in [4.69, 9.17) is 25.8 Å². The number of hydrogen-bond acceptors (Lipinski definition) is 7. The number of amides is 2. The van der Waals surface area contributed by atoms with Crippen molar-refractivity contribution in [2.45, 2.75) is 126 Å². The first-order chi connectivity index (χ1) is 14.8. The van der Waals surface area contributed by atoms with E-state index >= 15 is 0 Å². The van der Waals surface area contributed by atoms with Crippen LogP contribution in [0.25, 0.3) is 0 Å². The number of carboxylic acid groups (broad SMARTS) is 1. The van der Waals surface area contributed by atoms with E-state index in [0.29, 0.717) is 0 Å². The third kappa shape index (κ3) is 22.1. The van der Waals surface area contributed by atoms with Crippen molar-refractivity contribution < 1.29 is 34.4 Å². The van der Waals surface area contributed by atoms with E-state index in [2.05, 4.69) is 10.6 Å². The molecule has 0 aromatic carbocycles. The molecular formula is C24H53N3O7. The van der Waals surface area contributed by atoms with Crippen molar-refractivity contribution in [1.29, 1.82) is 0 Å². The van der Waals surface area contributed by atoms with Gasteiger partial charge < -0.3 is 36.4 Å². The molecule has 7 atom stereocenters. The smallest absolute Gasteiger partial charge is 0.305 e. The molecule has 1 rings (SSSR count). The molecule has 1 aliphatic rings. The minimum atomic E-state index is -0.741. The molecule has 0 aromatic rings. The Kier molecular flexibility index (Phi) is 23.9. The van der Waals surface area contributed by atoms with E-state index in [1.807, 2.05) is 27.7 Å². The van der Waals surface area contributed by atoms with Crippen LogP contribution >= 0.6 is 0 Å². The minimum Gasteiger partial charge on any atom is -0.481 e. The van der Waals surface area contributed by atoms with Gasteiger partial charge in [0.1, 0.15) is 6.10 Å². The number of aliphatic hydroxyl groups excluding tert-OH is 2. The number of rotatable bonds is 5. The summed E-state index contributed by atoms with van der Waals surface area (Å²) in [6, 6.07) is -0.112. The Balaban J connectivity index is -0.000000181. The van der Waals surface area contributed by atoms with Gasteiger partial charge in [0.2, 0.25) is 11.8 Å². The van der Waals surface area contributed by atoms with Crippen molar-refractivity contribution in [3.8, 4) is 0 Å². The van der Waals surface area contributed by atoms with Gasteiger partial charge in [0.05, 0.1) is 36.3 Å². The van der Waals surface area contributed by atoms with Crippen molar-refractivity contribution in [3.05, 3.63) is 0 Å². The average molecular weight is 496 g/mol. The SMILES string of the molecule is C.CC(C)C(=O)NC(C)C(C)O.CC(C)C(=O)O.CC(N)C(C)O.CC1OC(C)C(C)NC1=O. The van der Waals surface area contributed by atoms with Gasteiger partial charge in [-0.1, -0.05) is 35.1 Å². The third-order valence-electron chi connectivity index (χ3n) is 4.73. The molecule has 1 fully saturated rings. The molecule has 0 bridgehead atoms. The topological polar surface area (TPSA) is 171 Å². The zero-order valence-corrected chi connectivity index (χ0v) is 22.2. The second-order valence-electron chi connectivity index (χ2n) is 9.07. The van der Waals surface area contributed by atoms with Gasteiger partial charge in [0.25, 0.3) is 0 Å². The Bertz CT molecular complexity index is 547.